The van der Waals surface area contributed by atoms with Gasteiger partial charge in [-0.2, -0.15) is 0 Å². The van der Waals surface area contributed by atoms with Crippen molar-refractivity contribution >= 4 is 5.69 Å². The fourth-order valence-electron chi connectivity index (χ4n) is 2.02. The van der Waals surface area contributed by atoms with E-state index in [-0.39, 0.29) is 0 Å². The molecule has 0 fully saturated rings. The molecule has 0 bridgehead atoms. The lowest BCUT2D eigenvalue weighted by molar-refractivity contribution is 0.789. The van der Waals surface area contributed by atoms with E-state index in [0.29, 0.717) is 6.04 Å². The monoisotopic (exact) mass is 225 g/mol. The summed E-state index contributed by atoms with van der Waals surface area (Å²) in [6, 6.07) is 19.5. The Balaban J connectivity index is 1.98. The number of aryl methyl sites for hydroxylation is 1. The lowest BCUT2D eigenvalue weighted by Gasteiger charge is -2.17. The summed E-state index contributed by atoms with van der Waals surface area (Å²) >= 11 is 0. The fourth-order valence-corrected chi connectivity index (χ4v) is 2.02. The maximum Gasteiger partial charge on any atom is 0.0372 e. The molecule has 0 saturated heterocycles. The van der Waals surface area contributed by atoms with Crippen LogP contribution in [-0.4, -0.2) is 6.04 Å². The van der Waals surface area contributed by atoms with Crippen LogP contribution >= 0.6 is 0 Å². The van der Waals surface area contributed by atoms with Gasteiger partial charge < -0.3 is 5.32 Å². The van der Waals surface area contributed by atoms with E-state index in [0.717, 1.165) is 6.42 Å². The van der Waals surface area contributed by atoms with Crippen molar-refractivity contribution in [3.63, 3.8) is 0 Å². The molecule has 1 heteroatoms. The van der Waals surface area contributed by atoms with Gasteiger partial charge in [0, 0.05) is 11.7 Å². The highest BCUT2D eigenvalue weighted by Crippen LogP contribution is 2.15. The molecule has 0 heterocycles. The predicted molar refractivity (Wildman–Crippen MR) is 74.4 cm³/mol. The molecule has 1 atom stereocenters. The zero-order chi connectivity index (χ0) is 12.1. The number of rotatable bonds is 4. The highest BCUT2D eigenvalue weighted by Gasteiger charge is 2.04. The Labute approximate surface area is 103 Å². The standard InChI is InChI=1S/C16H19N/c1-13-8-6-7-11-16(13)17-14(2)12-15-9-4-3-5-10-15/h3-11,14,17H,12H2,1-2H3. The summed E-state index contributed by atoms with van der Waals surface area (Å²) in [4.78, 5) is 0. The molecular formula is C16H19N. The van der Waals surface area contributed by atoms with E-state index in [9.17, 15) is 0 Å². The van der Waals surface area contributed by atoms with Gasteiger partial charge in [-0.1, -0.05) is 48.5 Å². The number of para-hydroxylation sites is 1. The second-order valence-electron chi connectivity index (χ2n) is 4.55. The first-order valence-electron chi connectivity index (χ1n) is 6.12. The molecule has 88 valence electrons. The molecule has 0 radical (unpaired) electrons. The number of hydrogen-bond acceptors (Lipinski definition) is 1. The molecule has 2 rings (SSSR count). The molecule has 2 aromatic rings. The van der Waals surface area contributed by atoms with Crippen LogP contribution in [0, 0.1) is 6.92 Å². The zero-order valence-electron chi connectivity index (χ0n) is 10.5. The summed E-state index contributed by atoms with van der Waals surface area (Å²) in [6.45, 7) is 4.36. The van der Waals surface area contributed by atoms with Crippen LogP contribution in [0.15, 0.2) is 54.6 Å². The van der Waals surface area contributed by atoms with Crippen LogP contribution < -0.4 is 5.32 Å². The Hall–Kier alpha value is -1.76. The molecule has 0 aliphatic carbocycles. The maximum atomic E-state index is 3.56. The molecule has 1 N–H and O–H groups in total. The lowest BCUT2D eigenvalue weighted by atomic mass is 10.1. The van der Waals surface area contributed by atoms with E-state index in [1.807, 2.05) is 0 Å². The van der Waals surface area contributed by atoms with Gasteiger partial charge in [-0.05, 0) is 37.5 Å². The Bertz CT molecular complexity index is 462. The molecule has 1 unspecified atom stereocenters. The summed E-state index contributed by atoms with van der Waals surface area (Å²) in [5, 5.41) is 3.56. The fraction of sp³-hybridized carbons (Fsp3) is 0.250. The molecular weight excluding hydrogens is 206 g/mol. The summed E-state index contributed by atoms with van der Waals surface area (Å²) in [5.74, 6) is 0. The summed E-state index contributed by atoms with van der Waals surface area (Å²) in [6.07, 6.45) is 1.05. The van der Waals surface area contributed by atoms with Crippen molar-refractivity contribution < 1.29 is 0 Å². The van der Waals surface area contributed by atoms with Crippen molar-refractivity contribution in [1.29, 1.82) is 0 Å². The highest BCUT2D eigenvalue weighted by molar-refractivity contribution is 5.51. The average molecular weight is 225 g/mol. The van der Waals surface area contributed by atoms with Crippen LogP contribution in [-0.2, 0) is 6.42 Å². The van der Waals surface area contributed by atoms with Crippen molar-refractivity contribution in [3.8, 4) is 0 Å². The van der Waals surface area contributed by atoms with Gasteiger partial charge in [0.2, 0.25) is 0 Å². The summed E-state index contributed by atoms with van der Waals surface area (Å²) in [5.41, 5.74) is 3.91. The van der Waals surface area contributed by atoms with E-state index in [1.165, 1.54) is 16.8 Å². The van der Waals surface area contributed by atoms with Crippen LogP contribution in [0.4, 0.5) is 5.69 Å². The first-order valence-corrected chi connectivity index (χ1v) is 6.12. The molecule has 2 aromatic carbocycles. The van der Waals surface area contributed by atoms with E-state index in [1.54, 1.807) is 0 Å². The quantitative estimate of drug-likeness (QED) is 0.828. The number of benzene rings is 2. The number of nitrogens with one attached hydrogen (secondary N) is 1. The second-order valence-corrected chi connectivity index (χ2v) is 4.55. The van der Waals surface area contributed by atoms with Crippen molar-refractivity contribution in [3.05, 3.63) is 65.7 Å². The van der Waals surface area contributed by atoms with E-state index < -0.39 is 0 Å². The average Bonchev–Trinajstić information content (AvgIpc) is 2.33. The normalized spacial score (nSPS) is 12.1. The SMILES string of the molecule is Cc1ccccc1NC(C)Cc1ccccc1. The van der Waals surface area contributed by atoms with Crippen LogP contribution in [0.5, 0.6) is 0 Å². The minimum atomic E-state index is 0.443. The lowest BCUT2D eigenvalue weighted by Crippen LogP contribution is -2.18. The van der Waals surface area contributed by atoms with Gasteiger partial charge in [-0.3, -0.25) is 0 Å². The van der Waals surface area contributed by atoms with Gasteiger partial charge in [0.05, 0.1) is 0 Å². The third kappa shape index (κ3) is 3.35. The highest BCUT2D eigenvalue weighted by atomic mass is 14.9. The topological polar surface area (TPSA) is 12.0 Å². The minimum absolute atomic E-state index is 0.443. The van der Waals surface area contributed by atoms with Crippen molar-refractivity contribution in [2.75, 3.05) is 5.32 Å². The van der Waals surface area contributed by atoms with Gasteiger partial charge in [0.1, 0.15) is 0 Å². The molecule has 1 nitrogen and oxygen atoms in total. The Morgan fingerprint density at radius 3 is 2.29 bits per heavy atom. The van der Waals surface area contributed by atoms with Gasteiger partial charge in [0.25, 0.3) is 0 Å². The Morgan fingerprint density at radius 1 is 0.941 bits per heavy atom. The van der Waals surface area contributed by atoms with Crippen molar-refractivity contribution in [2.24, 2.45) is 0 Å². The van der Waals surface area contributed by atoms with Gasteiger partial charge in [-0.15, -0.1) is 0 Å². The predicted octanol–water partition coefficient (Wildman–Crippen LogP) is 4.04. The third-order valence-electron chi connectivity index (χ3n) is 2.93. The number of anilines is 1. The first-order chi connectivity index (χ1) is 8.25. The Morgan fingerprint density at radius 2 is 1.59 bits per heavy atom. The molecule has 0 aliphatic rings. The first kappa shape index (κ1) is 11.7. The number of hydrogen-bond donors (Lipinski definition) is 1. The molecule has 17 heavy (non-hydrogen) atoms. The molecule has 0 aliphatic heterocycles. The van der Waals surface area contributed by atoms with Crippen molar-refractivity contribution in [2.45, 2.75) is 26.3 Å². The molecule has 0 spiro atoms. The zero-order valence-corrected chi connectivity index (χ0v) is 10.5. The summed E-state index contributed by atoms with van der Waals surface area (Å²) in [7, 11) is 0. The third-order valence-corrected chi connectivity index (χ3v) is 2.93. The molecule has 0 aromatic heterocycles. The van der Waals surface area contributed by atoms with Gasteiger partial charge >= 0.3 is 0 Å². The molecule has 0 saturated carbocycles. The van der Waals surface area contributed by atoms with Gasteiger partial charge in [0.15, 0.2) is 0 Å². The second kappa shape index (κ2) is 5.53. The Kier molecular flexibility index (Phi) is 3.81. The van der Waals surface area contributed by atoms with E-state index in [2.05, 4.69) is 73.8 Å². The van der Waals surface area contributed by atoms with Crippen LogP contribution in [0.2, 0.25) is 0 Å². The van der Waals surface area contributed by atoms with Gasteiger partial charge in [-0.25, -0.2) is 0 Å². The largest absolute Gasteiger partial charge is 0.382 e. The minimum Gasteiger partial charge on any atom is -0.382 e. The maximum absolute atomic E-state index is 3.56. The van der Waals surface area contributed by atoms with E-state index in [4.69, 9.17) is 0 Å². The van der Waals surface area contributed by atoms with E-state index >= 15 is 0 Å². The van der Waals surface area contributed by atoms with Crippen LogP contribution in [0.25, 0.3) is 0 Å². The summed E-state index contributed by atoms with van der Waals surface area (Å²) < 4.78 is 0. The van der Waals surface area contributed by atoms with Crippen molar-refractivity contribution in [1.82, 2.24) is 0 Å². The van der Waals surface area contributed by atoms with Crippen LogP contribution in [0.3, 0.4) is 0 Å². The smallest absolute Gasteiger partial charge is 0.0372 e. The van der Waals surface area contributed by atoms with Crippen LogP contribution in [0.1, 0.15) is 18.1 Å². The molecule has 0 amide bonds.